The van der Waals surface area contributed by atoms with Gasteiger partial charge in [0.15, 0.2) is 0 Å². The molecule has 0 rings (SSSR count). The molecule has 8 heavy (non-hydrogen) atoms. The van der Waals surface area contributed by atoms with Gasteiger partial charge < -0.3 is 9.68 Å². The summed E-state index contributed by atoms with van der Waals surface area (Å²) in [4.78, 5) is 0. The first kappa shape index (κ1) is 7.72. The van der Waals surface area contributed by atoms with Crippen LogP contribution in [0.3, 0.4) is 0 Å². The Kier molecular flexibility index (Phi) is 4.71. The monoisotopic (exact) mass is 114 g/mol. The number of rotatable bonds is 3. The van der Waals surface area contributed by atoms with Crippen molar-refractivity contribution in [3.05, 3.63) is 12.1 Å². The van der Waals surface area contributed by atoms with E-state index in [0.717, 1.165) is 6.42 Å². The second-order valence-electron chi connectivity index (χ2n) is 1.46. The van der Waals surface area contributed by atoms with Gasteiger partial charge in [-0.2, -0.15) is 0 Å². The zero-order valence-electron chi connectivity index (χ0n) is 5.29. The van der Waals surface area contributed by atoms with Crippen LogP contribution < -0.4 is 0 Å². The maximum Gasteiger partial charge on any atom is 0.482 e. The molecular formula is C5H11BO2. The summed E-state index contributed by atoms with van der Waals surface area (Å²) in [6, 6.07) is 0. The van der Waals surface area contributed by atoms with E-state index < -0.39 is 7.12 Å². The summed E-state index contributed by atoms with van der Waals surface area (Å²) in [5.74, 6) is 1.61. The van der Waals surface area contributed by atoms with Crippen LogP contribution in [-0.4, -0.2) is 19.3 Å². The highest BCUT2D eigenvalue weighted by atomic mass is 16.5. The fourth-order valence-electron chi connectivity index (χ4n) is 0.331. The van der Waals surface area contributed by atoms with E-state index in [0.29, 0.717) is 0 Å². The molecule has 0 amide bonds. The van der Waals surface area contributed by atoms with E-state index in [2.05, 4.69) is 4.65 Å². The molecule has 0 radical (unpaired) electrons. The highest BCUT2D eigenvalue weighted by Gasteiger charge is 2.00. The van der Waals surface area contributed by atoms with Gasteiger partial charge in [0.2, 0.25) is 0 Å². The van der Waals surface area contributed by atoms with Gasteiger partial charge in [-0.3, -0.25) is 0 Å². The maximum absolute atomic E-state index is 8.68. The largest absolute Gasteiger partial charge is 0.482 e. The molecule has 0 aromatic carbocycles. The van der Waals surface area contributed by atoms with Crippen LogP contribution in [0.15, 0.2) is 12.1 Å². The van der Waals surface area contributed by atoms with E-state index in [9.17, 15) is 0 Å². The third-order valence-electron chi connectivity index (χ3n) is 0.778. The van der Waals surface area contributed by atoms with Crippen LogP contribution in [0.2, 0.25) is 0 Å². The van der Waals surface area contributed by atoms with Crippen LogP contribution in [0.1, 0.15) is 13.3 Å². The normalized spacial score (nSPS) is 10.4. The molecule has 0 aliphatic heterocycles. The molecule has 0 aliphatic rings. The van der Waals surface area contributed by atoms with E-state index >= 15 is 0 Å². The molecule has 0 unspecified atom stereocenters. The number of hydrogen-bond donors (Lipinski definition) is 1. The fourth-order valence-corrected chi connectivity index (χ4v) is 0.331. The first-order valence-electron chi connectivity index (χ1n) is 2.68. The molecule has 3 heteroatoms. The SMILES string of the molecule is CCC=CB(O)OC. The van der Waals surface area contributed by atoms with Gasteiger partial charge in [-0.15, -0.1) is 0 Å². The molecule has 0 saturated carbocycles. The van der Waals surface area contributed by atoms with Crippen molar-refractivity contribution in [3.63, 3.8) is 0 Å². The first-order valence-corrected chi connectivity index (χ1v) is 2.68. The van der Waals surface area contributed by atoms with Crippen LogP contribution in [0, 0.1) is 0 Å². The number of hydrogen-bond acceptors (Lipinski definition) is 2. The lowest BCUT2D eigenvalue weighted by Gasteiger charge is -1.92. The van der Waals surface area contributed by atoms with Crippen molar-refractivity contribution in [2.75, 3.05) is 7.11 Å². The molecule has 0 fully saturated rings. The van der Waals surface area contributed by atoms with Gasteiger partial charge in [-0.25, -0.2) is 0 Å². The van der Waals surface area contributed by atoms with Crippen molar-refractivity contribution in [3.8, 4) is 0 Å². The second-order valence-corrected chi connectivity index (χ2v) is 1.46. The predicted molar refractivity (Wildman–Crippen MR) is 34.4 cm³/mol. The van der Waals surface area contributed by atoms with Crippen LogP contribution in [-0.2, 0) is 4.65 Å². The Morgan fingerprint density at radius 1 is 1.75 bits per heavy atom. The first-order chi connectivity index (χ1) is 3.81. The summed E-state index contributed by atoms with van der Waals surface area (Å²) in [6.07, 6.45) is 2.79. The van der Waals surface area contributed by atoms with Gasteiger partial charge in [-0.05, 0) is 6.42 Å². The van der Waals surface area contributed by atoms with E-state index in [1.807, 2.05) is 13.0 Å². The Labute approximate surface area is 50.3 Å². The summed E-state index contributed by atoms with van der Waals surface area (Å²) < 4.78 is 4.52. The quantitative estimate of drug-likeness (QED) is 0.545. The third-order valence-corrected chi connectivity index (χ3v) is 0.778. The lowest BCUT2D eigenvalue weighted by molar-refractivity contribution is 0.340. The fraction of sp³-hybridized carbons (Fsp3) is 0.600. The number of allylic oxidation sites excluding steroid dienone is 1. The molecule has 0 aromatic rings. The highest BCUT2D eigenvalue weighted by molar-refractivity contribution is 6.49. The summed E-state index contributed by atoms with van der Waals surface area (Å²) in [6.45, 7) is 2.00. The standard InChI is InChI=1S/C5H11BO2/c1-3-4-5-6(7)8-2/h4-5,7H,3H2,1-2H3. The van der Waals surface area contributed by atoms with E-state index in [1.165, 1.54) is 7.11 Å². The van der Waals surface area contributed by atoms with E-state index in [4.69, 9.17) is 5.02 Å². The highest BCUT2D eigenvalue weighted by Crippen LogP contribution is 1.82. The van der Waals surface area contributed by atoms with Gasteiger partial charge in [-0.1, -0.05) is 19.0 Å². The van der Waals surface area contributed by atoms with Gasteiger partial charge in [0.25, 0.3) is 0 Å². The predicted octanol–water partition coefficient (Wildman–Crippen LogP) is 0.619. The molecule has 0 aliphatic carbocycles. The molecule has 0 spiro atoms. The lowest BCUT2D eigenvalue weighted by atomic mass is 9.91. The van der Waals surface area contributed by atoms with Crippen molar-refractivity contribution >= 4 is 7.12 Å². The summed E-state index contributed by atoms with van der Waals surface area (Å²) in [5.41, 5.74) is 0. The summed E-state index contributed by atoms with van der Waals surface area (Å²) in [5, 5.41) is 8.68. The van der Waals surface area contributed by atoms with Crippen LogP contribution in [0.25, 0.3) is 0 Å². The Morgan fingerprint density at radius 3 is 2.75 bits per heavy atom. The minimum atomic E-state index is -0.727. The van der Waals surface area contributed by atoms with Gasteiger partial charge in [0.1, 0.15) is 0 Å². The third kappa shape index (κ3) is 3.90. The van der Waals surface area contributed by atoms with Crippen LogP contribution >= 0.6 is 0 Å². The van der Waals surface area contributed by atoms with Gasteiger partial charge >= 0.3 is 7.12 Å². The smallest absolute Gasteiger partial charge is 0.423 e. The Balaban J connectivity index is 3.21. The van der Waals surface area contributed by atoms with Crippen molar-refractivity contribution in [1.29, 1.82) is 0 Å². The zero-order chi connectivity index (χ0) is 6.41. The molecule has 0 bridgehead atoms. The molecular weight excluding hydrogens is 103 g/mol. The summed E-state index contributed by atoms with van der Waals surface area (Å²) in [7, 11) is 0.736. The van der Waals surface area contributed by atoms with Crippen molar-refractivity contribution in [2.45, 2.75) is 13.3 Å². The van der Waals surface area contributed by atoms with Crippen molar-refractivity contribution < 1.29 is 9.68 Å². The maximum atomic E-state index is 8.68. The Hall–Kier alpha value is -0.275. The van der Waals surface area contributed by atoms with Gasteiger partial charge in [0.05, 0.1) is 0 Å². The molecule has 0 aromatic heterocycles. The lowest BCUT2D eigenvalue weighted by Crippen LogP contribution is -2.10. The molecule has 46 valence electrons. The topological polar surface area (TPSA) is 29.5 Å². The minimum Gasteiger partial charge on any atom is -0.423 e. The van der Waals surface area contributed by atoms with Crippen LogP contribution in [0.4, 0.5) is 0 Å². The molecule has 0 saturated heterocycles. The Bertz CT molecular complexity index is 72.8. The average Bonchev–Trinajstić information content (AvgIpc) is 1.83. The van der Waals surface area contributed by atoms with E-state index in [1.54, 1.807) is 5.98 Å². The molecule has 0 atom stereocenters. The minimum absolute atomic E-state index is 0.727. The molecule has 2 nitrogen and oxygen atoms in total. The summed E-state index contributed by atoms with van der Waals surface area (Å²) >= 11 is 0. The molecule has 1 N–H and O–H groups in total. The van der Waals surface area contributed by atoms with Crippen molar-refractivity contribution in [1.82, 2.24) is 0 Å². The molecule has 0 heterocycles. The van der Waals surface area contributed by atoms with E-state index in [-0.39, 0.29) is 0 Å². The van der Waals surface area contributed by atoms with Crippen LogP contribution in [0.5, 0.6) is 0 Å². The van der Waals surface area contributed by atoms with Crippen molar-refractivity contribution in [2.24, 2.45) is 0 Å². The van der Waals surface area contributed by atoms with Gasteiger partial charge in [0, 0.05) is 7.11 Å². The second kappa shape index (κ2) is 4.87. The Morgan fingerprint density at radius 2 is 2.38 bits per heavy atom. The average molecular weight is 114 g/mol. The zero-order valence-corrected chi connectivity index (χ0v) is 5.29.